The van der Waals surface area contributed by atoms with Gasteiger partial charge < -0.3 is 9.47 Å². The maximum absolute atomic E-state index is 12.5. The summed E-state index contributed by atoms with van der Waals surface area (Å²) in [5, 5.41) is 0. The SMILES string of the molecule is CSCCC(NS(=O)(=O)c1ccccc1OC(F)(F)F)C(=O)OC(C)C. The molecule has 1 unspecified atom stereocenters. The van der Waals surface area contributed by atoms with Gasteiger partial charge >= 0.3 is 12.3 Å². The number of rotatable bonds is 9. The fourth-order valence-corrected chi connectivity index (χ4v) is 3.73. The van der Waals surface area contributed by atoms with Crippen LogP contribution in [0.4, 0.5) is 13.2 Å². The van der Waals surface area contributed by atoms with Crippen molar-refractivity contribution >= 4 is 27.8 Å². The van der Waals surface area contributed by atoms with E-state index in [2.05, 4.69) is 9.46 Å². The summed E-state index contributed by atoms with van der Waals surface area (Å²) in [6.45, 7) is 3.20. The van der Waals surface area contributed by atoms with Crippen molar-refractivity contribution in [3.63, 3.8) is 0 Å². The zero-order valence-electron chi connectivity index (χ0n) is 14.4. The van der Waals surface area contributed by atoms with Gasteiger partial charge in [0.1, 0.15) is 16.7 Å². The van der Waals surface area contributed by atoms with Crippen molar-refractivity contribution < 1.29 is 35.9 Å². The molecule has 26 heavy (non-hydrogen) atoms. The van der Waals surface area contributed by atoms with Crippen molar-refractivity contribution in [3.05, 3.63) is 24.3 Å². The fraction of sp³-hybridized carbons (Fsp3) is 0.533. The number of alkyl halides is 3. The smallest absolute Gasteiger partial charge is 0.462 e. The van der Waals surface area contributed by atoms with Crippen molar-refractivity contribution in [1.82, 2.24) is 4.72 Å². The standard InChI is InChI=1S/C15H20F3NO5S2/c1-10(2)23-14(20)11(8-9-25-3)19-26(21,22)13-7-5-4-6-12(13)24-15(16,17)18/h4-7,10-11,19H,8-9H2,1-3H3. The highest BCUT2D eigenvalue weighted by Crippen LogP contribution is 2.29. The zero-order chi connectivity index (χ0) is 20.0. The predicted octanol–water partition coefficient (Wildman–Crippen LogP) is 2.94. The van der Waals surface area contributed by atoms with E-state index in [-0.39, 0.29) is 6.42 Å². The average Bonchev–Trinajstić information content (AvgIpc) is 2.49. The number of thioether (sulfide) groups is 1. The lowest BCUT2D eigenvalue weighted by Gasteiger charge is -2.20. The van der Waals surface area contributed by atoms with Gasteiger partial charge in [-0.1, -0.05) is 12.1 Å². The molecule has 0 saturated heterocycles. The largest absolute Gasteiger partial charge is 0.573 e. The van der Waals surface area contributed by atoms with Crippen LogP contribution in [0.15, 0.2) is 29.2 Å². The van der Waals surface area contributed by atoms with E-state index in [0.717, 1.165) is 12.1 Å². The molecule has 6 nitrogen and oxygen atoms in total. The number of hydrogen-bond acceptors (Lipinski definition) is 6. The zero-order valence-corrected chi connectivity index (χ0v) is 16.0. The minimum atomic E-state index is -5.06. The molecule has 1 aromatic rings. The molecule has 0 heterocycles. The van der Waals surface area contributed by atoms with Crippen molar-refractivity contribution in [2.75, 3.05) is 12.0 Å². The third kappa shape index (κ3) is 7.42. The molecule has 1 atom stereocenters. The summed E-state index contributed by atoms with van der Waals surface area (Å²) >= 11 is 1.38. The average molecular weight is 415 g/mol. The molecule has 1 rings (SSSR count). The lowest BCUT2D eigenvalue weighted by Crippen LogP contribution is -2.43. The van der Waals surface area contributed by atoms with Gasteiger partial charge in [-0.15, -0.1) is 13.2 Å². The van der Waals surface area contributed by atoms with E-state index in [4.69, 9.17) is 4.74 Å². The van der Waals surface area contributed by atoms with E-state index in [1.807, 2.05) is 0 Å². The summed E-state index contributed by atoms with van der Waals surface area (Å²) in [4.78, 5) is 11.4. The van der Waals surface area contributed by atoms with Crippen molar-refractivity contribution in [2.24, 2.45) is 0 Å². The van der Waals surface area contributed by atoms with Gasteiger partial charge in [-0.05, 0) is 44.4 Å². The number of sulfonamides is 1. The van der Waals surface area contributed by atoms with Crippen LogP contribution >= 0.6 is 11.8 Å². The maximum Gasteiger partial charge on any atom is 0.573 e. The van der Waals surface area contributed by atoms with Crippen LogP contribution in [-0.4, -0.2) is 44.9 Å². The normalized spacial score (nSPS) is 13.5. The second-order valence-corrected chi connectivity index (χ2v) is 8.10. The lowest BCUT2D eigenvalue weighted by molar-refractivity contribution is -0.275. The molecule has 0 aliphatic rings. The Morgan fingerprint density at radius 3 is 2.42 bits per heavy atom. The summed E-state index contributed by atoms with van der Waals surface area (Å²) in [5.41, 5.74) is 0. The van der Waals surface area contributed by atoms with E-state index >= 15 is 0 Å². The first-order valence-electron chi connectivity index (χ1n) is 7.53. The Morgan fingerprint density at radius 1 is 1.27 bits per heavy atom. The molecular weight excluding hydrogens is 395 g/mol. The van der Waals surface area contributed by atoms with Crippen LogP contribution in [0.5, 0.6) is 5.75 Å². The number of para-hydroxylation sites is 1. The number of carbonyl (C=O) groups is 1. The number of carbonyl (C=O) groups excluding carboxylic acids is 1. The summed E-state index contributed by atoms with van der Waals surface area (Å²) < 4.78 is 73.4. The number of benzene rings is 1. The molecule has 0 radical (unpaired) electrons. The second-order valence-electron chi connectivity index (χ2n) is 5.44. The molecule has 148 valence electrons. The van der Waals surface area contributed by atoms with Gasteiger partial charge in [0, 0.05) is 0 Å². The molecule has 0 aliphatic heterocycles. The van der Waals surface area contributed by atoms with E-state index in [9.17, 15) is 26.4 Å². The van der Waals surface area contributed by atoms with E-state index in [1.165, 1.54) is 23.9 Å². The van der Waals surface area contributed by atoms with Gasteiger partial charge in [-0.25, -0.2) is 8.42 Å². The molecule has 1 aromatic carbocycles. The highest BCUT2D eigenvalue weighted by molar-refractivity contribution is 7.98. The number of esters is 1. The number of nitrogens with one attached hydrogen (secondary N) is 1. The van der Waals surface area contributed by atoms with Gasteiger partial charge in [0.25, 0.3) is 0 Å². The highest BCUT2D eigenvalue weighted by Gasteiger charge is 2.35. The van der Waals surface area contributed by atoms with Crippen molar-refractivity contribution in [3.8, 4) is 5.75 Å². The Kier molecular flexibility index (Phi) is 8.22. The van der Waals surface area contributed by atoms with Crippen LogP contribution < -0.4 is 9.46 Å². The Morgan fingerprint density at radius 2 is 1.88 bits per heavy atom. The number of hydrogen-bond donors (Lipinski definition) is 1. The van der Waals surface area contributed by atoms with E-state index in [1.54, 1.807) is 20.1 Å². The third-order valence-corrected chi connectivity index (χ3v) is 5.06. The summed E-state index contributed by atoms with van der Waals surface area (Å²) in [7, 11) is -4.46. The topological polar surface area (TPSA) is 81.7 Å². The Bertz CT molecular complexity index is 707. The van der Waals surface area contributed by atoms with Gasteiger partial charge in [-0.3, -0.25) is 4.79 Å². The molecule has 0 spiro atoms. The third-order valence-electron chi connectivity index (χ3n) is 2.91. The lowest BCUT2D eigenvalue weighted by atomic mass is 10.2. The summed E-state index contributed by atoms with van der Waals surface area (Å²) in [6, 6.07) is 3.07. The van der Waals surface area contributed by atoms with Crippen LogP contribution in [0.1, 0.15) is 20.3 Å². The Hall–Kier alpha value is -1.46. The first kappa shape index (κ1) is 22.6. The molecule has 1 N–H and O–H groups in total. The molecule has 0 amide bonds. The molecule has 0 aliphatic carbocycles. The number of ether oxygens (including phenoxy) is 2. The van der Waals surface area contributed by atoms with Crippen LogP contribution in [0.2, 0.25) is 0 Å². The quantitative estimate of drug-likeness (QED) is 0.625. The Balaban J connectivity index is 3.13. The first-order valence-corrected chi connectivity index (χ1v) is 10.4. The van der Waals surface area contributed by atoms with Gasteiger partial charge in [0.15, 0.2) is 0 Å². The summed E-state index contributed by atoms with van der Waals surface area (Å²) in [6.07, 6.45) is -3.63. The number of halogens is 3. The maximum atomic E-state index is 12.5. The minimum absolute atomic E-state index is 0.119. The molecular formula is C15H20F3NO5S2. The minimum Gasteiger partial charge on any atom is -0.462 e. The van der Waals surface area contributed by atoms with Gasteiger partial charge in [-0.2, -0.15) is 16.5 Å². The molecule has 0 aromatic heterocycles. The fourth-order valence-electron chi connectivity index (χ4n) is 1.91. The monoisotopic (exact) mass is 415 g/mol. The highest BCUT2D eigenvalue weighted by atomic mass is 32.2. The van der Waals surface area contributed by atoms with E-state index in [0.29, 0.717) is 5.75 Å². The molecule has 0 fully saturated rings. The Labute approximate surface area is 154 Å². The van der Waals surface area contributed by atoms with Crippen LogP contribution in [0.3, 0.4) is 0 Å². The van der Waals surface area contributed by atoms with Crippen LogP contribution in [0.25, 0.3) is 0 Å². The van der Waals surface area contributed by atoms with Gasteiger partial charge in [0.2, 0.25) is 10.0 Å². The van der Waals surface area contributed by atoms with Crippen LogP contribution in [0, 0.1) is 0 Å². The van der Waals surface area contributed by atoms with Gasteiger partial charge in [0.05, 0.1) is 6.10 Å². The van der Waals surface area contributed by atoms with Crippen LogP contribution in [-0.2, 0) is 19.6 Å². The summed E-state index contributed by atoms with van der Waals surface area (Å²) in [5.74, 6) is -1.23. The molecule has 0 saturated carbocycles. The second kappa shape index (κ2) is 9.47. The van der Waals surface area contributed by atoms with Crippen molar-refractivity contribution in [1.29, 1.82) is 0 Å². The van der Waals surface area contributed by atoms with E-state index < -0.39 is 45.1 Å². The van der Waals surface area contributed by atoms with Crippen molar-refractivity contribution in [2.45, 2.75) is 43.7 Å². The first-order chi connectivity index (χ1) is 12.0. The molecule has 11 heteroatoms. The predicted molar refractivity (Wildman–Crippen MR) is 91.5 cm³/mol. The molecule has 0 bridgehead atoms.